The van der Waals surface area contributed by atoms with Crippen LogP contribution in [-0.4, -0.2) is 9.55 Å². The average Bonchev–Trinajstić information content (AvgIpc) is 2.86. The molecule has 22 heavy (non-hydrogen) atoms. The molecule has 2 N–H and O–H groups in total. The number of aromatic nitrogens is 2. The molecule has 1 heterocycles. The van der Waals surface area contributed by atoms with Crippen LogP contribution in [0.1, 0.15) is 32.2 Å². The molecule has 0 aliphatic rings. The minimum atomic E-state index is -0.0118. The van der Waals surface area contributed by atoms with E-state index in [1.807, 2.05) is 12.1 Å². The number of aryl methyl sites for hydroxylation is 2. The first-order valence-corrected chi connectivity index (χ1v) is 7.76. The third-order valence-electron chi connectivity index (χ3n) is 3.95. The van der Waals surface area contributed by atoms with Crippen LogP contribution in [0.2, 0.25) is 0 Å². The molecule has 0 aliphatic heterocycles. The van der Waals surface area contributed by atoms with E-state index in [9.17, 15) is 0 Å². The summed E-state index contributed by atoms with van der Waals surface area (Å²) in [6.45, 7) is 7.51. The molecule has 114 valence electrons. The van der Waals surface area contributed by atoms with Crippen LogP contribution in [0.4, 0.5) is 5.69 Å². The third-order valence-corrected chi connectivity index (χ3v) is 3.95. The van der Waals surface area contributed by atoms with Gasteiger partial charge in [-0.1, -0.05) is 57.2 Å². The fourth-order valence-corrected chi connectivity index (χ4v) is 2.85. The summed E-state index contributed by atoms with van der Waals surface area (Å²) in [6, 6.07) is 16.6. The minimum Gasteiger partial charge on any atom is -0.397 e. The van der Waals surface area contributed by atoms with E-state index in [0.717, 1.165) is 35.5 Å². The van der Waals surface area contributed by atoms with Gasteiger partial charge in [-0.25, -0.2) is 4.98 Å². The van der Waals surface area contributed by atoms with Crippen molar-refractivity contribution in [2.75, 3.05) is 5.73 Å². The van der Waals surface area contributed by atoms with E-state index in [1.165, 1.54) is 5.56 Å². The number of nitrogen functional groups attached to an aromatic ring is 1. The van der Waals surface area contributed by atoms with Crippen LogP contribution < -0.4 is 5.73 Å². The lowest BCUT2D eigenvalue weighted by molar-refractivity contribution is 0.504. The van der Waals surface area contributed by atoms with Gasteiger partial charge in [0.1, 0.15) is 11.3 Å². The second-order valence-corrected chi connectivity index (χ2v) is 6.79. The van der Waals surface area contributed by atoms with Gasteiger partial charge in [0.25, 0.3) is 0 Å². The largest absolute Gasteiger partial charge is 0.397 e. The molecule has 0 spiro atoms. The van der Waals surface area contributed by atoms with Gasteiger partial charge in [-0.05, 0) is 24.1 Å². The third kappa shape index (κ3) is 2.71. The van der Waals surface area contributed by atoms with Gasteiger partial charge >= 0.3 is 0 Å². The number of anilines is 1. The molecule has 0 saturated carbocycles. The number of hydrogen-bond donors (Lipinski definition) is 1. The number of hydrogen-bond acceptors (Lipinski definition) is 2. The zero-order chi connectivity index (χ0) is 15.7. The Bertz CT molecular complexity index is 780. The van der Waals surface area contributed by atoms with E-state index >= 15 is 0 Å². The molecule has 0 amide bonds. The molecule has 0 radical (unpaired) electrons. The van der Waals surface area contributed by atoms with Gasteiger partial charge in [-0.15, -0.1) is 0 Å². The Kier molecular flexibility index (Phi) is 3.65. The van der Waals surface area contributed by atoms with Crippen molar-refractivity contribution >= 4 is 16.7 Å². The normalized spacial score (nSPS) is 12.0. The van der Waals surface area contributed by atoms with Gasteiger partial charge in [0.15, 0.2) is 0 Å². The lowest BCUT2D eigenvalue weighted by Crippen LogP contribution is -2.19. The molecule has 3 rings (SSSR count). The van der Waals surface area contributed by atoms with Gasteiger partial charge in [0.05, 0.1) is 11.2 Å². The number of benzene rings is 2. The Morgan fingerprint density at radius 2 is 1.73 bits per heavy atom. The first-order chi connectivity index (χ1) is 10.5. The van der Waals surface area contributed by atoms with Gasteiger partial charge in [0.2, 0.25) is 0 Å². The highest BCUT2D eigenvalue weighted by Gasteiger charge is 2.23. The average molecular weight is 293 g/mol. The summed E-state index contributed by atoms with van der Waals surface area (Å²) in [5.74, 6) is 1.09. The summed E-state index contributed by atoms with van der Waals surface area (Å²) in [5.41, 5.74) is 10.2. The second-order valence-electron chi connectivity index (χ2n) is 6.79. The molecule has 0 saturated heterocycles. The van der Waals surface area contributed by atoms with Gasteiger partial charge in [-0.2, -0.15) is 0 Å². The maximum atomic E-state index is 6.11. The number of fused-ring (bicyclic) bond motifs is 1. The van der Waals surface area contributed by atoms with Crippen LogP contribution in [-0.2, 0) is 18.4 Å². The summed E-state index contributed by atoms with van der Waals surface area (Å²) in [7, 11) is 0. The highest BCUT2D eigenvalue weighted by atomic mass is 15.1. The number of para-hydroxylation sites is 1. The molecule has 2 aromatic carbocycles. The zero-order valence-electron chi connectivity index (χ0n) is 13.5. The molecule has 3 aromatic rings. The fourth-order valence-electron chi connectivity index (χ4n) is 2.85. The highest BCUT2D eigenvalue weighted by molar-refractivity contribution is 5.87. The second kappa shape index (κ2) is 5.48. The van der Waals surface area contributed by atoms with Crippen molar-refractivity contribution < 1.29 is 0 Å². The number of rotatable bonds is 3. The first kappa shape index (κ1) is 14.6. The molecule has 0 fully saturated rings. The fraction of sp³-hybridized carbons (Fsp3) is 0.316. The molecule has 0 aliphatic carbocycles. The maximum Gasteiger partial charge on any atom is 0.115 e. The predicted molar refractivity (Wildman–Crippen MR) is 93.0 cm³/mol. The summed E-state index contributed by atoms with van der Waals surface area (Å²) >= 11 is 0. The number of nitrogens with zero attached hydrogens (tertiary/aromatic N) is 2. The standard InChI is InChI=1S/C19H23N3/c1-19(2,3)18-21-17-15(20)10-7-11-16(17)22(18)13-12-14-8-5-4-6-9-14/h4-11H,12-13,20H2,1-3H3. The van der Waals surface area contributed by atoms with Crippen molar-refractivity contribution in [2.45, 2.75) is 39.2 Å². The summed E-state index contributed by atoms with van der Waals surface area (Å²) in [6.07, 6.45) is 0.990. The van der Waals surface area contributed by atoms with E-state index in [1.54, 1.807) is 0 Å². The van der Waals surface area contributed by atoms with Crippen molar-refractivity contribution in [2.24, 2.45) is 0 Å². The Morgan fingerprint density at radius 1 is 1.00 bits per heavy atom. The molecular formula is C19H23N3. The van der Waals surface area contributed by atoms with Crippen LogP contribution in [0.3, 0.4) is 0 Å². The monoisotopic (exact) mass is 293 g/mol. The van der Waals surface area contributed by atoms with Gasteiger partial charge in [0, 0.05) is 12.0 Å². The molecular weight excluding hydrogens is 270 g/mol. The lowest BCUT2D eigenvalue weighted by atomic mass is 9.95. The topological polar surface area (TPSA) is 43.8 Å². The lowest BCUT2D eigenvalue weighted by Gasteiger charge is -2.20. The SMILES string of the molecule is CC(C)(C)c1nc2c(N)cccc2n1CCc1ccccc1. The van der Waals surface area contributed by atoms with Crippen molar-refractivity contribution in [3.05, 3.63) is 59.9 Å². The molecule has 0 unspecified atom stereocenters. The Morgan fingerprint density at radius 3 is 2.41 bits per heavy atom. The smallest absolute Gasteiger partial charge is 0.115 e. The molecule has 0 atom stereocenters. The van der Waals surface area contributed by atoms with Gasteiger partial charge < -0.3 is 10.3 Å². The quantitative estimate of drug-likeness (QED) is 0.737. The van der Waals surface area contributed by atoms with Crippen LogP contribution in [0, 0.1) is 0 Å². The highest BCUT2D eigenvalue weighted by Crippen LogP contribution is 2.29. The number of imidazole rings is 1. The molecule has 3 nitrogen and oxygen atoms in total. The molecule has 0 bridgehead atoms. The summed E-state index contributed by atoms with van der Waals surface area (Å²) in [4.78, 5) is 4.83. The van der Waals surface area contributed by atoms with Crippen molar-refractivity contribution in [1.82, 2.24) is 9.55 Å². The Balaban J connectivity index is 2.04. The molecule has 3 heteroatoms. The van der Waals surface area contributed by atoms with E-state index in [2.05, 4.69) is 61.7 Å². The van der Waals surface area contributed by atoms with Gasteiger partial charge in [-0.3, -0.25) is 0 Å². The van der Waals surface area contributed by atoms with E-state index in [4.69, 9.17) is 10.7 Å². The van der Waals surface area contributed by atoms with E-state index < -0.39 is 0 Å². The molecule has 1 aromatic heterocycles. The van der Waals surface area contributed by atoms with Crippen LogP contribution in [0.25, 0.3) is 11.0 Å². The summed E-state index contributed by atoms with van der Waals surface area (Å²) in [5, 5.41) is 0. The van der Waals surface area contributed by atoms with E-state index in [-0.39, 0.29) is 5.41 Å². The van der Waals surface area contributed by atoms with Crippen molar-refractivity contribution in [3.8, 4) is 0 Å². The maximum absolute atomic E-state index is 6.11. The van der Waals surface area contributed by atoms with E-state index in [0.29, 0.717) is 0 Å². The van der Waals surface area contributed by atoms with Crippen LogP contribution in [0.5, 0.6) is 0 Å². The van der Waals surface area contributed by atoms with Crippen molar-refractivity contribution in [3.63, 3.8) is 0 Å². The van der Waals surface area contributed by atoms with Crippen LogP contribution in [0.15, 0.2) is 48.5 Å². The zero-order valence-corrected chi connectivity index (χ0v) is 13.5. The minimum absolute atomic E-state index is 0.0118. The summed E-state index contributed by atoms with van der Waals surface area (Å²) < 4.78 is 2.32. The Labute approximate surface area is 131 Å². The van der Waals surface area contributed by atoms with Crippen LogP contribution >= 0.6 is 0 Å². The van der Waals surface area contributed by atoms with Crippen molar-refractivity contribution in [1.29, 1.82) is 0 Å². The first-order valence-electron chi connectivity index (χ1n) is 7.76. The predicted octanol–water partition coefficient (Wildman–Crippen LogP) is 4.16. The number of nitrogens with two attached hydrogens (primary N) is 1. The Hall–Kier alpha value is -2.29.